The van der Waals surface area contributed by atoms with Gasteiger partial charge >= 0.3 is 0 Å². The summed E-state index contributed by atoms with van der Waals surface area (Å²) < 4.78 is 7.02. The zero-order chi connectivity index (χ0) is 20.5. The molecule has 1 amide bonds. The van der Waals surface area contributed by atoms with Gasteiger partial charge in [-0.2, -0.15) is 5.10 Å². The second-order valence-electron chi connectivity index (χ2n) is 7.40. The lowest BCUT2D eigenvalue weighted by atomic mass is 9.98. The quantitative estimate of drug-likeness (QED) is 0.629. The van der Waals surface area contributed by atoms with Gasteiger partial charge in [-0.15, -0.1) is 0 Å². The van der Waals surface area contributed by atoms with Crippen LogP contribution in [0.2, 0.25) is 0 Å². The maximum Gasteiger partial charge on any atom is 0.258 e. The summed E-state index contributed by atoms with van der Waals surface area (Å²) in [5, 5.41) is 13.5. The zero-order valence-corrected chi connectivity index (χ0v) is 16.8. The molecular formula is C21H25N5O3. The fourth-order valence-electron chi connectivity index (χ4n) is 3.80. The summed E-state index contributed by atoms with van der Waals surface area (Å²) >= 11 is 0. The van der Waals surface area contributed by atoms with Crippen molar-refractivity contribution in [2.75, 3.05) is 25.6 Å². The number of nitrogens with zero attached hydrogens (tertiary/aromatic N) is 2. The van der Waals surface area contributed by atoms with Gasteiger partial charge in [0.25, 0.3) is 11.5 Å². The number of ether oxygens (including phenoxy) is 1. The topological polar surface area (TPSA) is 101 Å². The molecule has 0 aliphatic carbocycles. The van der Waals surface area contributed by atoms with Crippen LogP contribution in [0.3, 0.4) is 0 Å². The Morgan fingerprint density at radius 2 is 2.00 bits per heavy atom. The van der Waals surface area contributed by atoms with Gasteiger partial charge in [-0.25, -0.2) is 0 Å². The molecule has 1 fully saturated rings. The average molecular weight is 395 g/mol. The van der Waals surface area contributed by atoms with E-state index in [1.165, 1.54) is 0 Å². The van der Waals surface area contributed by atoms with Gasteiger partial charge in [0.15, 0.2) is 5.82 Å². The standard InChI is InChI=1S/C21H25N5O3/c1-12-4-5-13(20(27)22-2)10-15(12)16-11-17-18(26(3)21(16)28)19(25-24-17)23-14-6-8-29-9-7-14/h4-5,10-11,14H,6-9H2,1-3H3,(H,22,27)(H2,23,24,25). The van der Waals surface area contributed by atoms with Crippen molar-refractivity contribution in [3.63, 3.8) is 0 Å². The third kappa shape index (κ3) is 3.51. The van der Waals surface area contributed by atoms with Crippen molar-refractivity contribution >= 4 is 22.8 Å². The van der Waals surface area contributed by atoms with Gasteiger partial charge in [-0.3, -0.25) is 14.7 Å². The minimum Gasteiger partial charge on any atom is -0.381 e. The average Bonchev–Trinajstić information content (AvgIpc) is 3.14. The van der Waals surface area contributed by atoms with E-state index in [-0.39, 0.29) is 17.5 Å². The molecule has 29 heavy (non-hydrogen) atoms. The lowest BCUT2D eigenvalue weighted by Gasteiger charge is -2.23. The molecule has 0 spiro atoms. The Morgan fingerprint density at radius 1 is 1.24 bits per heavy atom. The van der Waals surface area contributed by atoms with Gasteiger partial charge in [0.2, 0.25) is 0 Å². The first kappa shape index (κ1) is 19.2. The first-order chi connectivity index (χ1) is 14.0. The lowest BCUT2D eigenvalue weighted by Crippen LogP contribution is -2.28. The molecule has 4 rings (SSSR count). The van der Waals surface area contributed by atoms with Crippen LogP contribution in [0.15, 0.2) is 29.1 Å². The Kier molecular flexibility index (Phi) is 5.10. The fraction of sp³-hybridized carbons (Fsp3) is 0.381. The molecule has 3 aromatic rings. The highest BCUT2D eigenvalue weighted by molar-refractivity contribution is 5.96. The molecule has 3 N–H and O–H groups in total. The van der Waals surface area contributed by atoms with Crippen LogP contribution in [-0.4, -0.2) is 47.0 Å². The number of aromatic nitrogens is 3. The first-order valence-corrected chi connectivity index (χ1v) is 9.75. The number of nitrogens with one attached hydrogen (secondary N) is 3. The number of benzene rings is 1. The molecule has 1 aliphatic heterocycles. The van der Waals surface area contributed by atoms with Crippen molar-refractivity contribution in [1.29, 1.82) is 0 Å². The van der Waals surface area contributed by atoms with Crippen molar-refractivity contribution in [3.8, 4) is 11.1 Å². The van der Waals surface area contributed by atoms with E-state index < -0.39 is 0 Å². The van der Waals surface area contributed by atoms with Crippen molar-refractivity contribution in [3.05, 3.63) is 45.7 Å². The minimum atomic E-state index is -0.186. The molecule has 0 radical (unpaired) electrons. The molecule has 0 atom stereocenters. The Hall–Kier alpha value is -3.13. The predicted octanol–water partition coefficient (Wildman–Crippen LogP) is 2.19. The number of anilines is 1. The predicted molar refractivity (Wildman–Crippen MR) is 112 cm³/mol. The van der Waals surface area contributed by atoms with Crippen molar-refractivity contribution in [2.45, 2.75) is 25.8 Å². The second-order valence-corrected chi connectivity index (χ2v) is 7.40. The molecule has 152 valence electrons. The molecule has 3 heterocycles. The lowest BCUT2D eigenvalue weighted by molar-refractivity contribution is 0.0904. The van der Waals surface area contributed by atoms with E-state index in [9.17, 15) is 9.59 Å². The number of hydrogen-bond acceptors (Lipinski definition) is 5. The Morgan fingerprint density at radius 3 is 2.72 bits per heavy atom. The highest BCUT2D eigenvalue weighted by Crippen LogP contribution is 2.27. The SMILES string of the molecule is CNC(=O)c1ccc(C)c(-c2cc3[nH]nc(NC4CCOCC4)c3n(C)c2=O)c1. The summed E-state index contributed by atoms with van der Waals surface area (Å²) in [7, 11) is 3.33. The number of carbonyl (C=O) groups is 1. The van der Waals surface area contributed by atoms with Gasteiger partial charge in [-0.05, 0) is 49.1 Å². The highest BCUT2D eigenvalue weighted by Gasteiger charge is 2.20. The van der Waals surface area contributed by atoms with Crippen molar-refractivity contribution in [1.82, 2.24) is 20.1 Å². The summed E-state index contributed by atoms with van der Waals surface area (Å²) in [4.78, 5) is 25.2. The third-order valence-electron chi connectivity index (χ3n) is 5.51. The summed E-state index contributed by atoms with van der Waals surface area (Å²) in [6.07, 6.45) is 1.82. The van der Waals surface area contributed by atoms with Crippen LogP contribution in [0.25, 0.3) is 22.2 Å². The van der Waals surface area contributed by atoms with E-state index in [4.69, 9.17) is 4.74 Å². The number of pyridine rings is 1. The molecule has 1 aromatic carbocycles. The van der Waals surface area contributed by atoms with E-state index in [1.807, 2.05) is 19.1 Å². The monoisotopic (exact) mass is 395 g/mol. The number of aryl methyl sites for hydroxylation is 2. The molecule has 2 aromatic heterocycles. The number of fused-ring (bicyclic) bond motifs is 1. The maximum atomic E-state index is 13.2. The van der Waals surface area contributed by atoms with Gasteiger partial charge in [-0.1, -0.05) is 6.07 Å². The maximum absolute atomic E-state index is 13.2. The second kappa shape index (κ2) is 7.71. The van der Waals surface area contributed by atoms with Gasteiger partial charge in [0.05, 0.1) is 5.52 Å². The van der Waals surface area contributed by atoms with Crippen molar-refractivity contribution < 1.29 is 9.53 Å². The molecular weight excluding hydrogens is 370 g/mol. The van der Waals surface area contributed by atoms with Crippen LogP contribution in [0.5, 0.6) is 0 Å². The van der Waals surface area contributed by atoms with E-state index in [0.717, 1.165) is 48.2 Å². The summed E-state index contributed by atoms with van der Waals surface area (Å²) in [6, 6.07) is 7.46. The minimum absolute atomic E-state index is 0.133. The number of hydrogen-bond donors (Lipinski definition) is 3. The molecule has 8 nitrogen and oxygen atoms in total. The van der Waals surface area contributed by atoms with E-state index in [1.54, 1.807) is 30.8 Å². The van der Waals surface area contributed by atoms with Gasteiger partial charge in [0, 0.05) is 44.5 Å². The van der Waals surface area contributed by atoms with Crippen LogP contribution >= 0.6 is 0 Å². The number of aromatic amines is 1. The van der Waals surface area contributed by atoms with Gasteiger partial charge < -0.3 is 19.9 Å². The molecule has 0 saturated carbocycles. The largest absolute Gasteiger partial charge is 0.381 e. The number of carbonyl (C=O) groups excluding carboxylic acids is 1. The molecule has 0 unspecified atom stereocenters. The van der Waals surface area contributed by atoms with Crippen LogP contribution < -0.4 is 16.2 Å². The summed E-state index contributed by atoms with van der Waals surface area (Å²) in [5.41, 5.74) is 4.08. The van der Waals surface area contributed by atoms with E-state index >= 15 is 0 Å². The smallest absolute Gasteiger partial charge is 0.258 e. The highest BCUT2D eigenvalue weighted by atomic mass is 16.5. The zero-order valence-electron chi connectivity index (χ0n) is 16.8. The van der Waals surface area contributed by atoms with Crippen molar-refractivity contribution in [2.24, 2.45) is 7.05 Å². The van der Waals surface area contributed by atoms with E-state index in [2.05, 4.69) is 20.8 Å². The van der Waals surface area contributed by atoms with Crippen LogP contribution in [0.4, 0.5) is 5.82 Å². The molecule has 1 aliphatic rings. The fourth-order valence-corrected chi connectivity index (χ4v) is 3.80. The van der Waals surface area contributed by atoms with Crippen LogP contribution in [0.1, 0.15) is 28.8 Å². The summed E-state index contributed by atoms with van der Waals surface area (Å²) in [5.74, 6) is 0.488. The summed E-state index contributed by atoms with van der Waals surface area (Å²) in [6.45, 7) is 3.38. The van der Waals surface area contributed by atoms with Crippen LogP contribution in [-0.2, 0) is 11.8 Å². The molecule has 0 bridgehead atoms. The molecule has 1 saturated heterocycles. The van der Waals surface area contributed by atoms with E-state index in [0.29, 0.717) is 16.9 Å². The Bertz CT molecular complexity index is 1130. The van der Waals surface area contributed by atoms with Gasteiger partial charge in [0.1, 0.15) is 5.52 Å². The van der Waals surface area contributed by atoms with Crippen LogP contribution in [0, 0.1) is 6.92 Å². The molecule has 8 heteroatoms. The number of rotatable bonds is 4. The Balaban J connectivity index is 1.79. The Labute approximate surface area is 168 Å². The first-order valence-electron chi connectivity index (χ1n) is 9.75. The number of H-pyrrole nitrogens is 1. The number of amides is 1. The normalized spacial score (nSPS) is 14.9. The third-order valence-corrected chi connectivity index (χ3v) is 5.51.